The Labute approximate surface area is 110 Å². The Morgan fingerprint density at radius 1 is 0.889 bits per heavy atom. The molecule has 18 heavy (non-hydrogen) atoms. The second-order valence-electron chi connectivity index (χ2n) is 5.07. The van der Waals surface area contributed by atoms with Gasteiger partial charge in [0.1, 0.15) is 0 Å². The van der Waals surface area contributed by atoms with E-state index in [0.717, 1.165) is 65.3 Å². The maximum Gasteiger partial charge on any atom is 0.158 e. The lowest BCUT2D eigenvalue weighted by Gasteiger charge is -2.26. The van der Waals surface area contributed by atoms with E-state index in [1.807, 2.05) is 0 Å². The van der Waals surface area contributed by atoms with Gasteiger partial charge in [0, 0.05) is 32.6 Å². The molecule has 0 aromatic heterocycles. The summed E-state index contributed by atoms with van der Waals surface area (Å²) < 4.78 is 11.1. The van der Waals surface area contributed by atoms with Gasteiger partial charge in [-0.25, -0.2) is 0 Å². The van der Waals surface area contributed by atoms with E-state index in [2.05, 4.69) is 9.80 Å². The van der Waals surface area contributed by atoms with E-state index in [1.54, 1.807) is 0 Å². The van der Waals surface area contributed by atoms with Crippen LogP contribution in [0.1, 0.15) is 19.3 Å². The molecule has 2 rings (SSSR count). The van der Waals surface area contributed by atoms with Crippen molar-refractivity contribution in [1.82, 2.24) is 9.80 Å². The maximum absolute atomic E-state index is 8.96. The number of rotatable bonds is 5. The number of ether oxygens (including phenoxy) is 2. The molecule has 2 aliphatic rings. The summed E-state index contributed by atoms with van der Waals surface area (Å²) in [4.78, 5) is 4.83. The van der Waals surface area contributed by atoms with Crippen molar-refractivity contribution in [3.63, 3.8) is 0 Å². The minimum atomic E-state index is 0.00977. The van der Waals surface area contributed by atoms with E-state index in [9.17, 15) is 0 Å². The highest BCUT2D eigenvalue weighted by Gasteiger charge is 2.18. The third-order valence-corrected chi connectivity index (χ3v) is 3.67. The summed E-state index contributed by atoms with van der Waals surface area (Å²) in [6.45, 7) is 8.22. The highest BCUT2D eigenvalue weighted by Crippen LogP contribution is 2.10. The third-order valence-electron chi connectivity index (χ3n) is 3.67. The molecule has 2 heterocycles. The van der Waals surface area contributed by atoms with Crippen molar-refractivity contribution in [2.45, 2.75) is 25.6 Å². The predicted molar refractivity (Wildman–Crippen MR) is 69.5 cm³/mol. The van der Waals surface area contributed by atoms with Gasteiger partial charge in [0.15, 0.2) is 6.29 Å². The lowest BCUT2D eigenvalue weighted by atomic mass is 10.3. The molecule has 0 aromatic rings. The normalized spacial score (nSPS) is 25.2. The summed E-state index contributed by atoms with van der Waals surface area (Å²) in [5.41, 5.74) is 0. The van der Waals surface area contributed by atoms with Crippen LogP contribution in [0.25, 0.3) is 0 Å². The van der Waals surface area contributed by atoms with Crippen LogP contribution in [0.2, 0.25) is 0 Å². The first-order chi connectivity index (χ1) is 8.88. The minimum Gasteiger partial charge on any atom is -0.395 e. The number of aliphatic hydroxyl groups excluding tert-OH is 1. The Kier molecular flexibility index (Phi) is 6.37. The Bertz CT molecular complexity index is 222. The molecule has 2 fully saturated rings. The molecule has 0 unspecified atom stereocenters. The summed E-state index contributed by atoms with van der Waals surface area (Å²) in [5, 5.41) is 8.96. The van der Waals surface area contributed by atoms with Crippen molar-refractivity contribution in [1.29, 1.82) is 0 Å². The number of hydrogen-bond acceptors (Lipinski definition) is 5. The predicted octanol–water partition coefficient (Wildman–Crippen LogP) is 0.140. The van der Waals surface area contributed by atoms with Crippen molar-refractivity contribution in [2.24, 2.45) is 0 Å². The van der Waals surface area contributed by atoms with Crippen LogP contribution < -0.4 is 0 Å². The minimum absolute atomic E-state index is 0.00977. The zero-order valence-electron chi connectivity index (χ0n) is 11.2. The van der Waals surface area contributed by atoms with Crippen LogP contribution in [0.3, 0.4) is 0 Å². The van der Waals surface area contributed by atoms with Crippen LogP contribution in [0.5, 0.6) is 0 Å². The topological polar surface area (TPSA) is 45.2 Å². The molecule has 0 radical (unpaired) electrons. The molecule has 5 nitrogen and oxygen atoms in total. The SMILES string of the molecule is OCCN1CCCN(CCC2OCCCO2)CC1. The first kappa shape index (κ1) is 14.2. The molecular formula is C13H26N2O3. The van der Waals surface area contributed by atoms with Crippen LogP contribution in [0, 0.1) is 0 Å². The molecule has 106 valence electrons. The first-order valence-corrected chi connectivity index (χ1v) is 7.17. The van der Waals surface area contributed by atoms with Gasteiger partial charge in [-0.05, 0) is 25.9 Å². The Morgan fingerprint density at radius 2 is 1.56 bits per heavy atom. The van der Waals surface area contributed by atoms with Crippen LogP contribution >= 0.6 is 0 Å². The maximum atomic E-state index is 8.96. The lowest BCUT2D eigenvalue weighted by Crippen LogP contribution is -2.35. The van der Waals surface area contributed by atoms with Gasteiger partial charge in [0.2, 0.25) is 0 Å². The van der Waals surface area contributed by atoms with Crippen molar-refractivity contribution in [3.05, 3.63) is 0 Å². The third kappa shape index (κ3) is 4.82. The molecule has 1 N–H and O–H groups in total. The molecule has 0 aliphatic carbocycles. The molecule has 0 saturated carbocycles. The van der Waals surface area contributed by atoms with Gasteiger partial charge in [-0.15, -0.1) is 0 Å². The van der Waals surface area contributed by atoms with E-state index in [1.165, 1.54) is 6.42 Å². The van der Waals surface area contributed by atoms with E-state index in [4.69, 9.17) is 14.6 Å². The second-order valence-corrected chi connectivity index (χ2v) is 5.07. The van der Waals surface area contributed by atoms with E-state index >= 15 is 0 Å². The largest absolute Gasteiger partial charge is 0.395 e. The van der Waals surface area contributed by atoms with Gasteiger partial charge in [0.05, 0.1) is 19.8 Å². The molecule has 5 heteroatoms. The van der Waals surface area contributed by atoms with Gasteiger partial charge in [-0.1, -0.05) is 0 Å². The fourth-order valence-corrected chi connectivity index (χ4v) is 2.60. The fraction of sp³-hybridized carbons (Fsp3) is 1.00. The van der Waals surface area contributed by atoms with Crippen molar-refractivity contribution >= 4 is 0 Å². The van der Waals surface area contributed by atoms with Gasteiger partial charge in [-0.2, -0.15) is 0 Å². The standard InChI is InChI=1S/C13H26N2O3/c16-10-9-15-5-1-4-14(7-8-15)6-3-13-17-11-2-12-18-13/h13,16H,1-12H2. The molecule has 0 spiro atoms. The van der Waals surface area contributed by atoms with Crippen LogP contribution in [0.4, 0.5) is 0 Å². The zero-order chi connectivity index (χ0) is 12.6. The number of nitrogens with zero attached hydrogens (tertiary/aromatic N) is 2. The zero-order valence-corrected chi connectivity index (χ0v) is 11.2. The summed E-state index contributed by atoms with van der Waals surface area (Å²) in [5.74, 6) is 0. The Balaban J connectivity index is 1.63. The molecule has 0 atom stereocenters. The van der Waals surface area contributed by atoms with E-state index < -0.39 is 0 Å². The molecule has 0 bridgehead atoms. The molecular weight excluding hydrogens is 232 g/mol. The van der Waals surface area contributed by atoms with Gasteiger partial charge < -0.3 is 19.5 Å². The van der Waals surface area contributed by atoms with Crippen LogP contribution in [-0.2, 0) is 9.47 Å². The summed E-state index contributed by atoms with van der Waals surface area (Å²) >= 11 is 0. The van der Waals surface area contributed by atoms with Crippen LogP contribution in [-0.4, -0.2) is 80.3 Å². The highest BCUT2D eigenvalue weighted by molar-refractivity contribution is 4.70. The summed E-state index contributed by atoms with van der Waals surface area (Å²) in [6.07, 6.45) is 3.19. The quantitative estimate of drug-likeness (QED) is 0.760. The Hall–Kier alpha value is -0.200. The fourth-order valence-electron chi connectivity index (χ4n) is 2.60. The Morgan fingerprint density at radius 3 is 2.22 bits per heavy atom. The molecule has 0 aromatic carbocycles. The highest BCUT2D eigenvalue weighted by atomic mass is 16.7. The van der Waals surface area contributed by atoms with Crippen molar-refractivity contribution in [3.8, 4) is 0 Å². The molecule has 2 aliphatic heterocycles. The molecule has 2 saturated heterocycles. The monoisotopic (exact) mass is 258 g/mol. The van der Waals surface area contributed by atoms with Gasteiger partial charge >= 0.3 is 0 Å². The van der Waals surface area contributed by atoms with E-state index in [0.29, 0.717) is 0 Å². The number of β-amino-alcohol motifs (C(OH)–C–C–N with tert-alkyl or cyclic N) is 1. The summed E-state index contributed by atoms with van der Waals surface area (Å²) in [6, 6.07) is 0. The number of hydrogen-bond donors (Lipinski definition) is 1. The lowest BCUT2D eigenvalue weighted by molar-refractivity contribution is -0.182. The number of aliphatic hydroxyl groups is 1. The van der Waals surface area contributed by atoms with Gasteiger partial charge in [0.25, 0.3) is 0 Å². The first-order valence-electron chi connectivity index (χ1n) is 7.17. The van der Waals surface area contributed by atoms with Crippen molar-refractivity contribution in [2.75, 3.05) is 59.1 Å². The average Bonchev–Trinajstić information content (AvgIpc) is 2.64. The van der Waals surface area contributed by atoms with Crippen LogP contribution in [0.15, 0.2) is 0 Å². The summed E-state index contributed by atoms with van der Waals surface area (Å²) in [7, 11) is 0. The molecule has 0 amide bonds. The van der Waals surface area contributed by atoms with E-state index in [-0.39, 0.29) is 12.9 Å². The smallest absolute Gasteiger partial charge is 0.158 e. The average molecular weight is 258 g/mol. The second kappa shape index (κ2) is 8.07. The van der Waals surface area contributed by atoms with Gasteiger partial charge in [-0.3, -0.25) is 4.90 Å². The van der Waals surface area contributed by atoms with Crippen molar-refractivity contribution < 1.29 is 14.6 Å².